The van der Waals surface area contributed by atoms with Gasteiger partial charge in [-0.15, -0.1) is 0 Å². The molecule has 0 radical (unpaired) electrons. The summed E-state index contributed by atoms with van der Waals surface area (Å²) in [6.07, 6.45) is 3.62. The maximum Gasteiger partial charge on any atom is 0.330 e. The number of fused-ring (bicyclic) bond motifs is 5. The average molecular weight is 505 g/mol. The van der Waals surface area contributed by atoms with Crippen LogP contribution in [0.2, 0.25) is 0 Å². The van der Waals surface area contributed by atoms with Gasteiger partial charge < -0.3 is 10.1 Å². The maximum absolute atomic E-state index is 13.1. The zero-order valence-electron chi connectivity index (χ0n) is 18.6. The lowest BCUT2D eigenvalue weighted by Gasteiger charge is -2.28. The fourth-order valence-electron chi connectivity index (χ4n) is 5.77. The third-order valence-corrected chi connectivity index (χ3v) is 7.67. The number of esters is 1. The van der Waals surface area contributed by atoms with Crippen molar-refractivity contribution >= 4 is 45.3 Å². The first-order valence-corrected chi connectivity index (χ1v) is 12.1. The highest BCUT2D eigenvalue weighted by atomic mass is 79.9. The molecule has 1 aromatic carbocycles. The molecule has 3 aliphatic rings. The van der Waals surface area contributed by atoms with Crippen molar-refractivity contribution in [2.75, 3.05) is 11.9 Å². The van der Waals surface area contributed by atoms with Gasteiger partial charge in [0.05, 0.1) is 11.8 Å². The summed E-state index contributed by atoms with van der Waals surface area (Å²) < 4.78 is 6.20. The second kappa shape index (κ2) is 8.96. The molecule has 3 amide bonds. The van der Waals surface area contributed by atoms with Crippen LogP contribution in [0.25, 0.3) is 0 Å². The second-order valence-corrected chi connectivity index (χ2v) is 10.3. The number of rotatable bonds is 7. The zero-order chi connectivity index (χ0) is 23.2. The molecule has 0 unspecified atom stereocenters. The molecule has 2 aliphatic carbocycles. The van der Waals surface area contributed by atoms with Crippen molar-refractivity contribution in [3.8, 4) is 0 Å². The minimum Gasteiger partial charge on any atom is -0.454 e. The Morgan fingerprint density at radius 1 is 1.16 bits per heavy atom. The van der Waals surface area contributed by atoms with E-state index in [1.54, 1.807) is 19.9 Å². The number of imide groups is 1. The summed E-state index contributed by atoms with van der Waals surface area (Å²) in [6.45, 7) is 5.07. The van der Waals surface area contributed by atoms with Crippen LogP contribution in [0.4, 0.5) is 5.69 Å². The Morgan fingerprint density at radius 2 is 1.78 bits per heavy atom. The Morgan fingerprint density at radius 3 is 2.34 bits per heavy atom. The molecule has 1 aromatic rings. The van der Waals surface area contributed by atoms with Crippen LogP contribution in [0.15, 0.2) is 22.7 Å². The normalized spacial score (nSPS) is 27.1. The van der Waals surface area contributed by atoms with E-state index in [0.717, 1.165) is 40.6 Å². The topological polar surface area (TPSA) is 92.8 Å². The molecular formula is C24H29BrN2O5. The summed E-state index contributed by atoms with van der Waals surface area (Å²) in [5, 5.41) is 2.77. The first kappa shape index (κ1) is 23.0. The van der Waals surface area contributed by atoms with Crippen molar-refractivity contribution < 1.29 is 23.9 Å². The van der Waals surface area contributed by atoms with Gasteiger partial charge in [0.15, 0.2) is 6.61 Å². The van der Waals surface area contributed by atoms with E-state index >= 15 is 0 Å². The van der Waals surface area contributed by atoms with Crippen molar-refractivity contribution in [3.63, 3.8) is 0 Å². The number of anilines is 1. The Balaban J connectivity index is 1.42. The second-order valence-electron chi connectivity index (χ2n) is 9.43. The van der Waals surface area contributed by atoms with Crippen LogP contribution in [0, 0.1) is 29.6 Å². The van der Waals surface area contributed by atoms with E-state index in [1.165, 1.54) is 0 Å². The van der Waals surface area contributed by atoms with Crippen molar-refractivity contribution in [2.45, 2.75) is 52.5 Å². The van der Waals surface area contributed by atoms with Crippen LogP contribution in [0.5, 0.6) is 0 Å². The molecule has 0 aromatic heterocycles. The SMILES string of the molecule is CCc1cc(Br)ccc1NC(=O)COC(=O)[C@@H](C(C)C)N1C(=O)[C@@H]2[C@H]3CC[C@@H](C3)[C@@H]2C1=O. The van der Waals surface area contributed by atoms with E-state index in [9.17, 15) is 19.2 Å². The lowest BCUT2D eigenvalue weighted by molar-refractivity contribution is -0.162. The van der Waals surface area contributed by atoms with Crippen LogP contribution in [0.3, 0.4) is 0 Å². The van der Waals surface area contributed by atoms with Gasteiger partial charge >= 0.3 is 5.97 Å². The smallest absolute Gasteiger partial charge is 0.330 e. The number of likely N-dealkylation sites (tertiary alicyclic amines) is 1. The number of ether oxygens (including phenoxy) is 1. The number of hydrogen-bond acceptors (Lipinski definition) is 5. The summed E-state index contributed by atoms with van der Waals surface area (Å²) in [5.41, 5.74) is 1.61. The molecule has 172 valence electrons. The molecule has 1 saturated heterocycles. The number of aryl methyl sites for hydroxylation is 1. The minimum atomic E-state index is -1.01. The number of hydrogen-bond donors (Lipinski definition) is 1. The Hall–Kier alpha value is -2.22. The van der Waals surface area contributed by atoms with Crippen LogP contribution < -0.4 is 5.32 Å². The van der Waals surface area contributed by atoms with Gasteiger partial charge in [0.25, 0.3) is 5.91 Å². The van der Waals surface area contributed by atoms with Crippen molar-refractivity contribution in [2.24, 2.45) is 29.6 Å². The van der Waals surface area contributed by atoms with Gasteiger partial charge in [-0.05, 0) is 67.2 Å². The van der Waals surface area contributed by atoms with Crippen molar-refractivity contribution in [1.29, 1.82) is 0 Å². The van der Waals surface area contributed by atoms with E-state index in [-0.39, 0.29) is 41.4 Å². The third-order valence-electron chi connectivity index (χ3n) is 7.18. The molecule has 1 heterocycles. The number of carbonyl (C=O) groups is 4. The van der Waals surface area contributed by atoms with Crippen molar-refractivity contribution in [3.05, 3.63) is 28.2 Å². The highest BCUT2D eigenvalue weighted by Gasteiger charge is 2.62. The van der Waals surface area contributed by atoms with E-state index in [1.807, 2.05) is 19.1 Å². The van der Waals surface area contributed by atoms with Crippen molar-refractivity contribution in [1.82, 2.24) is 4.90 Å². The van der Waals surface area contributed by atoms with Gasteiger partial charge in [0, 0.05) is 10.2 Å². The summed E-state index contributed by atoms with van der Waals surface area (Å²) in [5.74, 6) is -2.05. The Bertz CT molecular complexity index is 934. The quantitative estimate of drug-likeness (QED) is 0.452. The monoisotopic (exact) mass is 504 g/mol. The number of nitrogens with zero attached hydrogens (tertiary/aromatic N) is 1. The molecule has 3 fully saturated rings. The number of benzene rings is 1. The molecule has 4 rings (SSSR count). The maximum atomic E-state index is 13.1. The first-order chi connectivity index (χ1) is 15.2. The number of nitrogens with one attached hydrogen (secondary N) is 1. The summed E-state index contributed by atoms with van der Waals surface area (Å²) in [4.78, 5) is 52.8. The van der Waals surface area contributed by atoms with Crippen LogP contribution in [-0.2, 0) is 30.3 Å². The fourth-order valence-corrected chi connectivity index (χ4v) is 6.18. The first-order valence-electron chi connectivity index (χ1n) is 11.3. The zero-order valence-corrected chi connectivity index (χ0v) is 20.2. The van der Waals surface area contributed by atoms with E-state index in [4.69, 9.17) is 4.74 Å². The van der Waals surface area contributed by atoms with Gasteiger partial charge in [-0.25, -0.2) is 4.79 Å². The fraction of sp³-hybridized carbons (Fsp3) is 0.583. The molecule has 5 atom stereocenters. The highest BCUT2D eigenvalue weighted by molar-refractivity contribution is 9.10. The molecule has 1 N–H and O–H groups in total. The van der Waals surface area contributed by atoms with Crippen LogP contribution >= 0.6 is 15.9 Å². The predicted molar refractivity (Wildman–Crippen MR) is 121 cm³/mol. The summed E-state index contributed by atoms with van der Waals surface area (Å²) >= 11 is 3.41. The third kappa shape index (κ3) is 3.98. The molecule has 0 spiro atoms. The molecular weight excluding hydrogens is 476 g/mol. The van der Waals surface area contributed by atoms with Gasteiger partial charge in [-0.3, -0.25) is 19.3 Å². The molecule has 7 nitrogen and oxygen atoms in total. The Labute approximate surface area is 196 Å². The highest BCUT2D eigenvalue weighted by Crippen LogP contribution is 2.56. The minimum absolute atomic E-state index is 0.241. The van der Waals surface area contributed by atoms with Gasteiger partial charge in [0.1, 0.15) is 6.04 Å². The lowest BCUT2D eigenvalue weighted by atomic mass is 9.81. The standard InChI is InChI=1S/C24H29BrN2O5/c1-4-13-10-16(25)7-8-17(13)26-18(28)11-32-24(31)21(12(2)3)27-22(29)19-14-5-6-15(9-14)20(19)23(27)30/h7-8,10,12,14-15,19-21H,4-6,9,11H2,1-3H3,(H,26,28)/t14-,15-,19-,20+,21+/m0/s1. The molecule has 8 heteroatoms. The number of carbonyl (C=O) groups excluding carboxylic acids is 4. The molecule has 2 bridgehead atoms. The lowest BCUT2D eigenvalue weighted by Crippen LogP contribution is -2.50. The van der Waals surface area contributed by atoms with E-state index in [2.05, 4.69) is 21.2 Å². The summed E-state index contributed by atoms with van der Waals surface area (Å²) in [7, 11) is 0. The van der Waals surface area contributed by atoms with Gasteiger partial charge in [-0.1, -0.05) is 36.7 Å². The molecule has 1 aliphatic heterocycles. The number of amides is 3. The molecule has 32 heavy (non-hydrogen) atoms. The van der Waals surface area contributed by atoms with Gasteiger partial charge in [-0.2, -0.15) is 0 Å². The van der Waals surface area contributed by atoms with E-state index in [0.29, 0.717) is 5.69 Å². The Kier molecular flexibility index (Phi) is 6.43. The van der Waals surface area contributed by atoms with Crippen LogP contribution in [-0.4, -0.2) is 41.2 Å². The largest absolute Gasteiger partial charge is 0.454 e. The predicted octanol–water partition coefficient (Wildman–Crippen LogP) is 3.55. The average Bonchev–Trinajstić information content (AvgIpc) is 3.43. The molecule has 2 saturated carbocycles. The van der Waals surface area contributed by atoms with Gasteiger partial charge in [0.2, 0.25) is 11.8 Å². The van der Waals surface area contributed by atoms with E-state index < -0.39 is 24.5 Å². The van der Waals surface area contributed by atoms with Crippen LogP contribution in [0.1, 0.15) is 45.6 Å². The summed E-state index contributed by atoms with van der Waals surface area (Å²) in [6, 6.07) is 4.52. The number of halogens is 1.